The zero-order valence-electron chi connectivity index (χ0n) is 11.6. The number of benzene rings is 2. The molecule has 4 rings (SSSR count). The Morgan fingerprint density at radius 1 is 1.10 bits per heavy atom. The van der Waals surface area contributed by atoms with E-state index < -0.39 is 0 Å². The maximum atomic E-state index is 6.20. The molecular formula is C18H16ClNO. The molecule has 0 atom stereocenters. The molecule has 1 N–H and O–H groups in total. The van der Waals surface area contributed by atoms with Crippen LogP contribution in [0.25, 0.3) is 22.3 Å². The highest BCUT2D eigenvalue weighted by molar-refractivity contribution is 6.34. The minimum Gasteiger partial charge on any atom is -0.455 e. The predicted octanol–water partition coefficient (Wildman–Crippen LogP) is 5.01. The van der Waals surface area contributed by atoms with E-state index in [1.807, 2.05) is 24.3 Å². The summed E-state index contributed by atoms with van der Waals surface area (Å²) in [6.07, 6.45) is 2.59. The third-order valence-electron chi connectivity index (χ3n) is 3.94. The molecule has 1 aliphatic rings. The predicted molar refractivity (Wildman–Crippen MR) is 86.5 cm³/mol. The van der Waals surface area contributed by atoms with E-state index in [0.717, 1.165) is 28.8 Å². The van der Waals surface area contributed by atoms with Gasteiger partial charge in [0.25, 0.3) is 0 Å². The van der Waals surface area contributed by atoms with Gasteiger partial charge in [0.1, 0.15) is 5.76 Å². The van der Waals surface area contributed by atoms with Crippen LogP contribution in [0.15, 0.2) is 52.9 Å². The number of hydrogen-bond donors (Lipinski definition) is 1. The number of nitrogens with one attached hydrogen (secondary N) is 1. The monoisotopic (exact) mass is 297 g/mol. The van der Waals surface area contributed by atoms with Crippen LogP contribution >= 0.6 is 11.6 Å². The number of para-hydroxylation sites is 1. The van der Waals surface area contributed by atoms with Crippen molar-refractivity contribution >= 4 is 22.6 Å². The Morgan fingerprint density at radius 2 is 1.95 bits per heavy atom. The van der Waals surface area contributed by atoms with Gasteiger partial charge in [-0.2, -0.15) is 0 Å². The van der Waals surface area contributed by atoms with E-state index in [2.05, 4.69) is 29.6 Å². The smallest absolute Gasteiger partial charge is 0.153 e. The summed E-state index contributed by atoms with van der Waals surface area (Å²) in [7, 11) is 0. The number of rotatable bonds is 4. The molecule has 0 spiro atoms. The molecule has 3 aromatic rings. The summed E-state index contributed by atoms with van der Waals surface area (Å²) in [6, 6.07) is 17.0. The van der Waals surface area contributed by atoms with Crippen molar-refractivity contribution in [3.05, 3.63) is 59.1 Å². The molecule has 2 aromatic carbocycles. The lowest BCUT2D eigenvalue weighted by Gasteiger charge is -2.08. The van der Waals surface area contributed by atoms with Gasteiger partial charge in [0, 0.05) is 23.5 Å². The number of fused-ring (bicyclic) bond motifs is 1. The average molecular weight is 298 g/mol. The highest BCUT2D eigenvalue weighted by atomic mass is 35.5. The Balaban J connectivity index is 1.74. The number of furan rings is 1. The third-order valence-corrected chi connectivity index (χ3v) is 4.24. The summed E-state index contributed by atoms with van der Waals surface area (Å²) in [5.41, 5.74) is 3.16. The van der Waals surface area contributed by atoms with Crippen LogP contribution in [0, 0.1) is 0 Å². The van der Waals surface area contributed by atoms with Crippen molar-refractivity contribution in [2.45, 2.75) is 25.4 Å². The maximum Gasteiger partial charge on any atom is 0.153 e. The van der Waals surface area contributed by atoms with Crippen LogP contribution in [0.2, 0.25) is 5.02 Å². The van der Waals surface area contributed by atoms with Crippen molar-refractivity contribution in [3.63, 3.8) is 0 Å². The molecule has 2 nitrogen and oxygen atoms in total. The normalized spacial score (nSPS) is 14.7. The SMILES string of the molecule is Clc1cccc2cc(-c3ccccc3CNC3CC3)oc12. The fraction of sp³-hybridized carbons (Fsp3) is 0.222. The highest BCUT2D eigenvalue weighted by Gasteiger charge is 2.21. The summed E-state index contributed by atoms with van der Waals surface area (Å²) in [4.78, 5) is 0. The van der Waals surface area contributed by atoms with E-state index in [1.165, 1.54) is 18.4 Å². The minimum atomic E-state index is 0.660. The molecule has 21 heavy (non-hydrogen) atoms. The molecule has 1 aromatic heterocycles. The van der Waals surface area contributed by atoms with Crippen molar-refractivity contribution in [2.24, 2.45) is 0 Å². The second-order valence-corrected chi connectivity index (χ2v) is 5.99. The molecule has 1 fully saturated rings. The largest absolute Gasteiger partial charge is 0.455 e. The molecule has 1 heterocycles. The molecule has 0 unspecified atom stereocenters. The van der Waals surface area contributed by atoms with Gasteiger partial charge in [0.05, 0.1) is 5.02 Å². The molecule has 3 heteroatoms. The average Bonchev–Trinajstić information content (AvgIpc) is 3.23. The van der Waals surface area contributed by atoms with Gasteiger partial charge < -0.3 is 9.73 Å². The van der Waals surface area contributed by atoms with Crippen LogP contribution in [-0.2, 0) is 6.54 Å². The Morgan fingerprint density at radius 3 is 2.76 bits per heavy atom. The van der Waals surface area contributed by atoms with Crippen molar-refractivity contribution in [1.82, 2.24) is 5.32 Å². The standard InChI is InChI=1S/C18H16ClNO/c19-16-7-3-5-12-10-17(21-18(12)16)15-6-2-1-4-13(15)11-20-14-8-9-14/h1-7,10,14,20H,8-9,11H2. The van der Waals surface area contributed by atoms with Crippen LogP contribution in [0.4, 0.5) is 0 Å². The van der Waals surface area contributed by atoms with E-state index >= 15 is 0 Å². The Bertz CT molecular complexity index is 789. The molecule has 0 saturated heterocycles. The van der Waals surface area contributed by atoms with Gasteiger partial charge in [-0.25, -0.2) is 0 Å². The van der Waals surface area contributed by atoms with Gasteiger partial charge >= 0.3 is 0 Å². The molecule has 1 aliphatic carbocycles. The van der Waals surface area contributed by atoms with E-state index in [0.29, 0.717) is 11.1 Å². The summed E-state index contributed by atoms with van der Waals surface area (Å²) in [5.74, 6) is 0.881. The lowest BCUT2D eigenvalue weighted by molar-refractivity contribution is 0.627. The van der Waals surface area contributed by atoms with Gasteiger partial charge in [-0.3, -0.25) is 0 Å². The summed E-state index contributed by atoms with van der Waals surface area (Å²) >= 11 is 6.20. The first-order chi connectivity index (χ1) is 10.3. The summed E-state index contributed by atoms with van der Waals surface area (Å²) in [5, 5.41) is 5.26. The summed E-state index contributed by atoms with van der Waals surface area (Å²) in [6.45, 7) is 0.881. The van der Waals surface area contributed by atoms with Gasteiger partial charge in [-0.1, -0.05) is 48.0 Å². The minimum absolute atomic E-state index is 0.660. The van der Waals surface area contributed by atoms with Crippen LogP contribution in [0.5, 0.6) is 0 Å². The molecule has 1 saturated carbocycles. The molecular weight excluding hydrogens is 282 g/mol. The van der Waals surface area contributed by atoms with Crippen molar-refractivity contribution < 1.29 is 4.42 Å². The van der Waals surface area contributed by atoms with Crippen LogP contribution in [0.1, 0.15) is 18.4 Å². The Labute approximate surface area is 128 Å². The fourth-order valence-corrected chi connectivity index (χ4v) is 2.84. The van der Waals surface area contributed by atoms with Crippen LogP contribution in [0.3, 0.4) is 0 Å². The van der Waals surface area contributed by atoms with Crippen molar-refractivity contribution in [2.75, 3.05) is 0 Å². The van der Waals surface area contributed by atoms with E-state index in [-0.39, 0.29) is 0 Å². The van der Waals surface area contributed by atoms with Gasteiger partial charge in [-0.05, 0) is 30.5 Å². The van der Waals surface area contributed by atoms with E-state index in [9.17, 15) is 0 Å². The number of halogens is 1. The quantitative estimate of drug-likeness (QED) is 0.732. The highest BCUT2D eigenvalue weighted by Crippen LogP contribution is 2.33. The Hall–Kier alpha value is -1.77. The van der Waals surface area contributed by atoms with E-state index in [1.54, 1.807) is 0 Å². The van der Waals surface area contributed by atoms with Gasteiger partial charge in [-0.15, -0.1) is 0 Å². The molecule has 0 aliphatic heterocycles. The zero-order chi connectivity index (χ0) is 14.2. The Kier molecular flexibility index (Phi) is 3.21. The fourth-order valence-electron chi connectivity index (χ4n) is 2.62. The van der Waals surface area contributed by atoms with Crippen molar-refractivity contribution in [3.8, 4) is 11.3 Å². The first-order valence-electron chi connectivity index (χ1n) is 7.31. The topological polar surface area (TPSA) is 25.2 Å². The first-order valence-corrected chi connectivity index (χ1v) is 7.69. The second-order valence-electron chi connectivity index (χ2n) is 5.58. The molecule has 106 valence electrons. The summed E-state index contributed by atoms with van der Waals surface area (Å²) < 4.78 is 5.99. The molecule has 0 bridgehead atoms. The zero-order valence-corrected chi connectivity index (χ0v) is 12.4. The number of hydrogen-bond acceptors (Lipinski definition) is 2. The lowest BCUT2D eigenvalue weighted by atomic mass is 10.0. The van der Waals surface area contributed by atoms with Gasteiger partial charge in [0.2, 0.25) is 0 Å². The van der Waals surface area contributed by atoms with Gasteiger partial charge in [0.15, 0.2) is 5.58 Å². The van der Waals surface area contributed by atoms with Crippen LogP contribution in [-0.4, -0.2) is 6.04 Å². The third kappa shape index (κ3) is 2.57. The van der Waals surface area contributed by atoms with E-state index in [4.69, 9.17) is 16.0 Å². The lowest BCUT2D eigenvalue weighted by Crippen LogP contribution is -2.15. The van der Waals surface area contributed by atoms with Crippen LogP contribution < -0.4 is 5.32 Å². The van der Waals surface area contributed by atoms with Crippen molar-refractivity contribution in [1.29, 1.82) is 0 Å². The maximum absolute atomic E-state index is 6.20. The second kappa shape index (κ2) is 5.21. The first kappa shape index (κ1) is 12.9. The molecule has 0 radical (unpaired) electrons. The molecule has 0 amide bonds.